The highest BCUT2D eigenvalue weighted by Gasteiger charge is 2.13. The number of nitrogens with one attached hydrogen (secondary N) is 3. The molecule has 2 heterocycles. The number of aromatic nitrogens is 3. The van der Waals surface area contributed by atoms with Gasteiger partial charge in [0.1, 0.15) is 0 Å². The van der Waals surface area contributed by atoms with Crippen LogP contribution in [0.25, 0.3) is 5.65 Å². The number of fused-ring (bicyclic) bond motifs is 1. The smallest absolute Gasteiger partial charge is 0.318 e. The fourth-order valence-electron chi connectivity index (χ4n) is 3.13. The first-order chi connectivity index (χ1) is 13.4. The third kappa shape index (κ3) is 4.28. The largest absolute Gasteiger partial charge is 0.341 e. The summed E-state index contributed by atoms with van der Waals surface area (Å²) in [6.45, 7) is 5.88. The van der Waals surface area contributed by atoms with Gasteiger partial charge in [0, 0.05) is 42.3 Å². The molecule has 0 aliphatic rings. The van der Waals surface area contributed by atoms with Crippen molar-refractivity contribution in [1.29, 1.82) is 0 Å². The fraction of sp³-hybridized carbons (Fsp3) is 0.300. The molecule has 0 bridgehead atoms. The molecule has 0 saturated carbocycles. The second-order valence-corrected chi connectivity index (χ2v) is 6.65. The van der Waals surface area contributed by atoms with E-state index in [1.54, 1.807) is 31.3 Å². The lowest BCUT2D eigenvalue weighted by atomic mass is 10.1. The summed E-state index contributed by atoms with van der Waals surface area (Å²) in [6, 6.07) is 8.65. The van der Waals surface area contributed by atoms with Crippen molar-refractivity contribution in [3.63, 3.8) is 0 Å². The van der Waals surface area contributed by atoms with Crippen LogP contribution in [-0.2, 0) is 11.2 Å². The lowest BCUT2D eigenvalue weighted by molar-refractivity contribution is -0.116. The number of rotatable bonds is 5. The van der Waals surface area contributed by atoms with Gasteiger partial charge >= 0.3 is 6.03 Å². The molecule has 8 heteroatoms. The third-order valence-electron chi connectivity index (χ3n) is 4.52. The van der Waals surface area contributed by atoms with Gasteiger partial charge in [-0.25, -0.2) is 14.3 Å². The Labute approximate surface area is 163 Å². The molecule has 146 valence electrons. The lowest BCUT2D eigenvalue weighted by Gasteiger charge is -2.12. The van der Waals surface area contributed by atoms with E-state index in [2.05, 4.69) is 26.0 Å². The number of hydrogen-bond acceptors (Lipinski definition) is 4. The molecule has 0 aliphatic carbocycles. The molecule has 0 atom stereocenters. The van der Waals surface area contributed by atoms with E-state index in [-0.39, 0.29) is 11.9 Å². The summed E-state index contributed by atoms with van der Waals surface area (Å²) in [5.41, 5.74) is 5.91. The Kier molecular flexibility index (Phi) is 5.58. The minimum Gasteiger partial charge on any atom is -0.341 e. The average Bonchev–Trinajstić information content (AvgIpc) is 3.02. The molecule has 8 nitrogen and oxygen atoms in total. The first kappa shape index (κ1) is 19.3. The quantitative estimate of drug-likeness (QED) is 0.633. The molecule has 0 unspecified atom stereocenters. The van der Waals surface area contributed by atoms with Crippen LogP contribution in [0.5, 0.6) is 0 Å². The molecular formula is C20H24N6O2. The Morgan fingerprint density at radius 2 is 1.79 bits per heavy atom. The minimum absolute atomic E-state index is 0.104. The normalized spacial score (nSPS) is 10.7. The van der Waals surface area contributed by atoms with E-state index in [9.17, 15) is 9.59 Å². The summed E-state index contributed by atoms with van der Waals surface area (Å²) >= 11 is 0. The van der Waals surface area contributed by atoms with Crippen LogP contribution in [0.2, 0.25) is 0 Å². The fourth-order valence-corrected chi connectivity index (χ4v) is 3.13. The van der Waals surface area contributed by atoms with Gasteiger partial charge in [0.05, 0.1) is 5.69 Å². The highest BCUT2D eigenvalue weighted by Crippen LogP contribution is 2.18. The summed E-state index contributed by atoms with van der Waals surface area (Å²) in [5.74, 6) is -0.104. The Morgan fingerprint density at radius 1 is 1.07 bits per heavy atom. The predicted octanol–water partition coefficient (Wildman–Crippen LogP) is 2.98. The van der Waals surface area contributed by atoms with Crippen molar-refractivity contribution in [2.45, 2.75) is 33.6 Å². The van der Waals surface area contributed by atoms with Gasteiger partial charge in [-0.05, 0) is 51.0 Å². The highest BCUT2D eigenvalue weighted by atomic mass is 16.2. The first-order valence-electron chi connectivity index (χ1n) is 9.08. The van der Waals surface area contributed by atoms with E-state index >= 15 is 0 Å². The van der Waals surface area contributed by atoms with Crippen LogP contribution in [-0.4, -0.2) is 33.6 Å². The van der Waals surface area contributed by atoms with E-state index in [1.165, 1.54) is 0 Å². The van der Waals surface area contributed by atoms with Gasteiger partial charge in [0.25, 0.3) is 0 Å². The molecular weight excluding hydrogens is 356 g/mol. The molecule has 28 heavy (non-hydrogen) atoms. The molecule has 0 spiro atoms. The van der Waals surface area contributed by atoms with Crippen molar-refractivity contribution in [2.75, 3.05) is 17.7 Å². The number of nitrogens with zero attached hydrogens (tertiary/aromatic N) is 3. The number of aryl methyl sites for hydroxylation is 3. The average molecular weight is 380 g/mol. The number of amides is 3. The highest BCUT2D eigenvalue weighted by molar-refractivity contribution is 5.93. The van der Waals surface area contributed by atoms with Crippen LogP contribution in [0.1, 0.15) is 29.1 Å². The van der Waals surface area contributed by atoms with Gasteiger partial charge in [-0.2, -0.15) is 5.10 Å². The minimum atomic E-state index is -0.314. The van der Waals surface area contributed by atoms with Crippen LogP contribution in [0.4, 0.5) is 16.2 Å². The zero-order chi connectivity index (χ0) is 20.3. The summed E-state index contributed by atoms with van der Waals surface area (Å²) in [6.07, 6.45) is 0.893. The van der Waals surface area contributed by atoms with Crippen LogP contribution < -0.4 is 16.0 Å². The molecule has 1 aromatic carbocycles. The van der Waals surface area contributed by atoms with Crippen LogP contribution in [0, 0.1) is 20.8 Å². The maximum atomic E-state index is 12.4. The SMILES string of the molecule is CNC(=O)Nc1cccc(NC(=O)CCc2c(C)nc3cc(C)nn3c2C)c1. The van der Waals surface area contributed by atoms with Crippen molar-refractivity contribution in [3.05, 3.63) is 53.0 Å². The number of benzene rings is 1. The van der Waals surface area contributed by atoms with Gasteiger partial charge in [0.2, 0.25) is 5.91 Å². The first-order valence-corrected chi connectivity index (χ1v) is 9.08. The number of anilines is 2. The van der Waals surface area contributed by atoms with Gasteiger partial charge < -0.3 is 16.0 Å². The van der Waals surface area contributed by atoms with Gasteiger partial charge in [-0.15, -0.1) is 0 Å². The standard InChI is InChI=1S/C20H24N6O2/c1-12-10-18-22-13(2)17(14(3)26(18)25-12)8-9-19(27)23-15-6-5-7-16(11-15)24-20(28)21-4/h5-7,10-11H,8-9H2,1-4H3,(H,23,27)(H2,21,24,28). The van der Waals surface area contributed by atoms with E-state index < -0.39 is 0 Å². The summed E-state index contributed by atoms with van der Waals surface area (Å²) in [4.78, 5) is 28.4. The Hall–Kier alpha value is -3.42. The second kappa shape index (κ2) is 8.08. The van der Waals surface area contributed by atoms with Gasteiger partial charge in [-0.3, -0.25) is 4.79 Å². The number of urea groups is 1. The van der Waals surface area contributed by atoms with Gasteiger partial charge in [0.15, 0.2) is 5.65 Å². The zero-order valence-electron chi connectivity index (χ0n) is 16.5. The molecule has 0 aliphatic heterocycles. The molecule has 0 radical (unpaired) electrons. The summed E-state index contributed by atoms with van der Waals surface area (Å²) < 4.78 is 1.82. The third-order valence-corrected chi connectivity index (χ3v) is 4.52. The lowest BCUT2D eigenvalue weighted by Crippen LogP contribution is -2.24. The van der Waals surface area contributed by atoms with Crippen LogP contribution >= 0.6 is 0 Å². The van der Waals surface area contributed by atoms with E-state index in [4.69, 9.17) is 0 Å². The molecule has 3 N–H and O–H groups in total. The maximum absolute atomic E-state index is 12.4. The monoisotopic (exact) mass is 380 g/mol. The molecule has 3 aromatic rings. The predicted molar refractivity (Wildman–Crippen MR) is 109 cm³/mol. The van der Waals surface area contributed by atoms with Crippen molar-refractivity contribution in [3.8, 4) is 0 Å². The Balaban J connectivity index is 1.67. The Morgan fingerprint density at radius 3 is 2.50 bits per heavy atom. The van der Waals surface area contributed by atoms with E-state index in [0.29, 0.717) is 24.2 Å². The summed E-state index contributed by atoms with van der Waals surface area (Å²) in [7, 11) is 1.54. The van der Waals surface area contributed by atoms with E-state index in [0.717, 1.165) is 28.3 Å². The van der Waals surface area contributed by atoms with Gasteiger partial charge in [-0.1, -0.05) is 6.07 Å². The Bertz CT molecular complexity index is 1040. The molecule has 3 rings (SSSR count). The van der Waals surface area contributed by atoms with Crippen molar-refractivity contribution in [1.82, 2.24) is 19.9 Å². The number of carbonyl (C=O) groups excluding carboxylic acids is 2. The van der Waals surface area contributed by atoms with E-state index in [1.807, 2.05) is 31.4 Å². The zero-order valence-corrected chi connectivity index (χ0v) is 16.5. The summed E-state index contributed by atoms with van der Waals surface area (Å²) in [5, 5.41) is 12.5. The van der Waals surface area contributed by atoms with Crippen LogP contribution in [0.15, 0.2) is 30.3 Å². The second-order valence-electron chi connectivity index (χ2n) is 6.65. The topological polar surface area (TPSA) is 100 Å². The molecule has 0 saturated heterocycles. The number of carbonyl (C=O) groups is 2. The number of hydrogen-bond donors (Lipinski definition) is 3. The van der Waals surface area contributed by atoms with Crippen LogP contribution in [0.3, 0.4) is 0 Å². The molecule has 0 fully saturated rings. The molecule has 2 aromatic heterocycles. The van der Waals surface area contributed by atoms with Crippen molar-refractivity contribution < 1.29 is 9.59 Å². The molecule has 3 amide bonds. The van der Waals surface area contributed by atoms with Crippen molar-refractivity contribution in [2.24, 2.45) is 0 Å². The maximum Gasteiger partial charge on any atom is 0.318 e. The van der Waals surface area contributed by atoms with Crippen molar-refractivity contribution >= 4 is 29.0 Å².